The lowest BCUT2D eigenvalue weighted by molar-refractivity contribution is -0.148. The number of carbonyl (C=O) groups excluding carboxylic acids is 1. The van der Waals surface area contributed by atoms with Crippen molar-refractivity contribution in [2.45, 2.75) is 27.2 Å². The van der Waals surface area contributed by atoms with Crippen LogP contribution in [0.4, 0.5) is 5.69 Å². The highest BCUT2D eigenvalue weighted by atomic mass is 16.4. The highest BCUT2D eigenvalue weighted by molar-refractivity contribution is 5.94. The lowest BCUT2D eigenvalue weighted by Gasteiger charge is -2.18. The molecule has 0 heterocycles. The Bertz CT molecular complexity index is 438. The highest BCUT2D eigenvalue weighted by Crippen LogP contribution is 2.22. The van der Waals surface area contributed by atoms with Crippen LogP contribution in [0.5, 0.6) is 0 Å². The zero-order valence-corrected chi connectivity index (χ0v) is 10.3. The second-order valence-corrected chi connectivity index (χ2v) is 4.73. The molecule has 1 amide bonds. The molecule has 0 unspecified atom stereocenters. The minimum atomic E-state index is -1.05. The van der Waals surface area contributed by atoms with Crippen molar-refractivity contribution in [2.75, 3.05) is 5.32 Å². The van der Waals surface area contributed by atoms with E-state index in [1.54, 1.807) is 6.07 Å². The third-order valence-electron chi connectivity index (χ3n) is 2.60. The van der Waals surface area contributed by atoms with Gasteiger partial charge in [0.05, 0.1) is 5.41 Å². The molecule has 4 heteroatoms. The molecule has 0 aromatic heterocycles. The van der Waals surface area contributed by atoms with E-state index in [0.29, 0.717) is 0 Å². The van der Waals surface area contributed by atoms with Gasteiger partial charge < -0.3 is 10.4 Å². The van der Waals surface area contributed by atoms with Gasteiger partial charge >= 0.3 is 5.97 Å². The molecule has 2 N–H and O–H groups in total. The molecular weight excluding hydrogens is 218 g/mol. The van der Waals surface area contributed by atoms with Gasteiger partial charge in [0.1, 0.15) is 0 Å². The number of aliphatic carboxylic acids is 1. The van der Waals surface area contributed by atoms with E-state index < -0.39 is 11.4 Å². The zero-order chi connectivity index (χ0) is 13.1. The van der Waals surface area contributed by atoms with E-state index in [2.05, 4.69) is 5.32 Å². The second kappa shape index (κ2) is 4.99. The molecule has 0 saturated heterocycles. The van der Waals surface area contributed by atoms with Crippen molar-refractivity contribution in [2.24, 2.45) is 5.41 Å². The summed E-state index contributed by atoms with van der Waals surface area (Å²) < 4.78 is 0. The number of hydrogen-bond acceptors (Lipinski definition) is 2. The van der Waals surface area contributed by atoms with Crippen molar-refractivity contribution in [1.29, 1.82) is 0 Å². The van der Waals surface area contributed by atoms with Gasteiger partial charge in [0, 0.05) is 12.1 Å². The van der Waals surface area contributed by atoms with E-state index in [0.717, 1.165) is 11.3 Å². The first kappa shape index (κ1) is 13.2. The molecule has 0 atom stereocenters. The SMILES string of the molecule is Cc1ccccc1NC(=O)CC(C)(C)C(=O)O. The van der Waals surface area contributed by atoms with Crippen molar-refractivity contribution in [3.8, 4) is 0 Å². The molecule has 1 rings (SSSR count). The molecule has 17 heavy (non-hydrogen) atoms. The summed E-state index contributed by atoms with van der Waals surface area (Å²) in [7, 11) is 0. The maximum absolute atomic E-state index is 11.7. The summed E-state index contributed by atoms with van der Waals surface area (Å²) in [6.45, 7) is 4.96. The van der Waals surface area contributed by atoms with Gasteiger partial charge in [-0.15, -0.1) is 0 Å². The summed E-state index contributed by atoms with van der Waals surface area (Å²) in [5, 5.41) is 11.6. The molecule has 1 aromatic rings. The zero-order valence-electron chi connectivity index (χ0n) is 10.3. The third kappa shape index (κ3) is 3.59. The van der Waals surface area contributed by atoms with E-state index in [4.69, 9.17) is 5.11 Å². The lowest BCUT2D eigenvalue weighted by Crippen LogP contribution is -2.29. The number of benzene rings is 1. The van der Waals surface area contributed by atoms with Crippen LogP contribution < -0.4 is 5.32 Å². The van der Waals surface area contributed by atoms with Crippen LogP contribution in [0.3, 0.4) is 0 Å². The van der Waals surface area contributed by atoms with Crippen molar-refractivity contribution in [3.63, 3.8) is 0 Å². The van der Waals surface area contributed by atoms with Crippen molar-refractivity contribution in [3.05, 3.63) is 29.8 Å². The van der Waals surface area contributed by atoms with Gasteiger partial charge in [-0.2, -0.15) is 0 Å². The van der Waals surface area contributed by atoms with Crippen LogP contribution in [0, 0.1) is 12.3 Å². The topological polar surface area (TPSA) is 66.4 Å². The number of nitrogens with one attached hydrogen (secondary N) is 1. The van der Waals surface area contributed by atoms with E-state index in [9.17, 15) is 9.59 Å². The molecule has 1 aromatic carbocycles. The van der Waals surface area contributed by atoms with Crippen LogP contribution in [0.1, 0.15) is 25.8 Å². The maximum Gasteiger partial charge on any atom is 0.309 e. The maximum atomic E-state index is 11.7. The quantitative estimate of drug-likeness (QED) is 0.842. The first-order chi connectivity index (χ1) is 7.83. The van der Waals surface area contributed by atoms with Crippen molar-refractivity contribution < 1.29 is 14.7 Å². The summed E-state index contributed by atoms with van der Waals surface area (Å²) >= 11 is 0. The largest absolute Gasteiger partial charge is 0.481 e. The normalized spacial score (nSPS) is 11.0. The van der Waals surface area contributed by atoms with Crippen LogP contribution in [0.2, 0.25) is 0 Å². The summed E-state index contributed by atoms with van der Waals surface area (Å²) in [5.41, 5.74) is 0.625. The molecule has 0 aliphatic rings. The minimum absolute atomic E-state index is 0.0450. The molecule has 0 fully saturated rings. The van der Waals surface area contributed by atoms with E-state index >= 15 is 0 Å². The number of carboxylic acids is 1. The number of carboxylic acid groups (broad SMARTS) is 1. The summed E-state index contributed by atoms with van der Waals surface area (Å²) in [4.78, 5) is 22.6. The Balaban J connectivity index is 2.69. The molecular formula is C13H17NO3. The molecule has 0 bridgehead atoms. The van der Waals surface area contributed by atoms with Gasteiger partial charge in [0.15, 0.2) is 0 Å². The Morgan fingerprint density at radius 1 is 1.29 bits per heavy atom. The van der Waals surface area contributed by atoms with Crippen LogP contribution in [0.15, 0.2) is 24.3 Å². The Labute approximate surface area is 101 Å². The number of anilines is 1. The number of hydrogen-bond donors (Lipinski definition) is 2. The lowest BCUT2D eigenvalue weighted by atomic mass is 9.89. The molecule has 0 aliphatic heterocycles. The number of para-hydroxylation sites is 1. The van der Waals surface area contributed by atoms with E-state index in [1.807, 2.05) is 25.1 Å². The Hall–Kier alpha value is -1.84. The second-order valence-electron chi connectivity index (χ2n) is 4.73. The van der Waals surface area contributed by atoms with Crippen LogP contribution in [0.25, 0.3) is 0 Å². The fourth-order valence-electron chi connectivity index (χ4n) is 1.38. The van der Waals surface area contributed by atoms with Gasteiger partial charge in [-0.05, 0) is 32.4 Å². The number of amides is 1. The van der Waals surface area contributed by atoms with Crippen LogP contribution in [-0.2, 0) is 9.59 Å². The molecule has 0 radical (unpaired) electrons. The fraction of sp³-hybridized carbons (Fsp3) is 0.385. The number of aryl methyl sites for hydroxylation is 1. The van der Waals surface area contributed by atoms with Crippen LogP contribution in [-0.4, -0.2) is 17.0 Å². The van der Waals surface area contributed by atoms with Gasteiger partial charge in [-0.3, -0.25) is 9.59 Å². The van der Waals surface area contributed by atoms with Gasteiger partial charge in [0.25, 0.3) is 0 Å². The fourth-order valence-corrected chi connectivity index (χ4v) is 1.38. The summed E-state index contributed by atoms with van der Waals surface area (Å²) in [6.07, 6.45) is -0.0450. The Morgan fingerprint density at radius 3 is 2.41 bits per heavy atom. The Morgan fingerprint density at radius 2 is 1.88 bits per heavy atom. The smallest absolute Gasteiger partial charge is 0.309 e. The monoisotopic (exact) mass is 235 g/mol. The van der Waals surface area contributed by atoms with Gasteiger partial charge in [0.2, 0.25) is 5.91 Å². The molecule has 4 nitrogen and oxygen atoms in total. The van der Waals surface area contributed by atoms with E-state index in [-0.39, 0.29) is 12.3 Å². The van der Waals surface area contributed by atoms with Crippen molar-refractivity contribution in [1.82, 2.24) is 0 Å². The predicted molar refractivity (Wildman–Crippen MR) is 65.8 cm³/mol. The average Bonchev–Trinajstić information content (AvgIpc) is 2.20. The standard InChI is InChI=1S/C13H17NO3/c1-9-6-4-5-7-10(9)14-11(15)8-13(2,3)12(16)17/h4-7H,8H2,1-3H3,(H,14,15)(H,16,17). The summed E-state index contributed by atoms with van der Waals surface area (Å²) in [5.74, 6) is -1.26. The first-order valence-electron chi connectivity index (χ1n) is 5.42. The molecule has 0 aliphatic carbocycles. The number of rotatable bonds is 4. The molecule has 92 valence electrons. The van der Waals surface area contributed by atoms with E-state index in [1.165, 1.54) is 13.8 Å². The van der Waals surface area contributed by atoms with Crippen molar-refractivity contribution >= 4 is 17.6 Å². The average molecular weight is 235 g/mol. The predicted octanol–water partition coefficient (Wildman–Crippen LogP) is 2.43. The number of carbonyl (C=O) groups is 2. The van der Waals surface area contributed by atoms with Gasteiger partial charge in [-0.1, -0.05) is 18.2 Å². The first-order valence-corrected chi connectivity index (χ1v) is 5.42. The Kier molecular flexibility index (Phi) is 3.89. The molecule has 0 spiro atoms. The minimum Gasteiger partial charge on any atom is -0.481 e. The molecule has 0 saturated carbocycles. The highest BCUT2D eigenvalue weighted by Gasteiger charge is 2.30. The summed E-state index contributed by atoms with van der Waals surface area (Å²) in [6, 6.07) is 7.39. The third-order valence-corrected chi connectivity index (χ3v) is 2.60. The van der Waals surface area contributed by atoms with Crippen LogP contribution >= 0.6 is 0 Å². The van der Waals surface area contributed by atoms with Gasteiger partial charge in [-0.25, -0.2) is 0 Å².